The molecule has 2 aliphatic carbocycles. The van der Waals surface area contributed by atoms with E-state index < -0.39 is 18.6 Å². The van der Waals surface area contributed by atoms with Crippen molar-refractivity contribution in [1.82, 2.24) is 0 Å². The van der Waals surface area contributed by atoms with Gasteiger partial charge in [-0.25, -0.2) is 0 Å². The molecule has 0 saturated heterocycles. The molecule has 0 saturated carbocycles. The van der Waals surface area contributed by atoms with Crippen LogP contribution in [0.15, 0.2) is 59.7 Å². The molecule has 0 spiro atoms. The molecular weight excluding hydrogens is 459 g/mol. The zero-order valence-corrected chi connectivity index (χ0v) is 23.2. The van der Waals surface area contributed by atoms with Crippen LogP contribution in [-0.4, -0.2) is 14.7 Å². The molecule has 0 fully saturated rings. The van der Waals surface area contributed by atoms with Crippen molar-refractivity contribution in [3.05, 3.63) is 81.9 Å². The summed E-state index contributed by atoms with van der Waals surface area (Å²) in [5.74, 6) is 0. The van der Waals surface area contributed by atoms with Crippen LogP contribution >= 0.6 is 0 Å². The summed E-state index contributed by atoms with van der Waals surface area (Å²) in [6.45, 7) is 4.79. The van der Waals surface area contributed by atoms with Crippen LogP contribution in [0, 0.1) is 0 Å². The maximum absolute atomic E-state index is 2.47. The van der Waals surface area contributed by atoms with Gasteiger partial charge in [0.25, 0.3) is 0 Å². The average molecular weight is 483 g/mol. The number of fused-ring (bicyclic) bond motifs is 2. The second-order valence-electron chi connectivity index (χ2n) is 7.72. The van der Waals surface area contributed by atoms with Gasteiger partial charge in [-0.05, 0) is 0 Å². The van der Waals surface area contributed by atoms with Crippen molar-refractivity contribution in [2.24, 2.45) is 0 Å². The van der Waals surface area contributed by atoms with E-state index in [0.29, 0.717) is 0 Å². The van der Waals surface area contributed by atoms with Crippen LogP contribution in [0.3, 0.4) is 0 Å². The van der Waals surface area contributed by atoms with E-state index in [9.17, 15) is 0 Å². The molecule has 132 valence electrons. The summed E-state index contributed by atoms with van der Waals surface area (Å²) in [5.41, 5.74) is 9.62. The Balaban J connectivity index is 0.00000113. The van der Waals surface area contributed by atoms with E-state index in [1.54, 1.807) is 22.3 Å². The maximum atomic E-state index is 2.47. The molecule has 2 atom stereocenters. The van der Waals surface area contributed by atoms with E-state index in [1.165, 1.54) is 25.9 Å². The molecule has 5 heteroatoms. The number of benzene rings is 2. The Morgan fingerprint density at radius 3 is 1.44 bits per heavy atom. The van der Waals surface area contributed by atoms with Gasteiger partial charge in [0.1, 0.15) is 0 Å². The first kappa shape index (κ1) is 21.1. The maximum Gasteiger partial charge on any atom is -1.00 e. The van der Waals surface area contributed by atoms with Gasteiger partial charge in [-0.1, -0.05) is 0 Å². The monoisotopic (exact) mass is 480 g/mol. The first-order valence-electron chi connectivity index (χ1n) is 8.54. The summed E-state index contributed by atoms with van der Waals surface area (Å²) in [6.07, 6.45) is 4.95. The second-order valence-corrected chi connectivity index (χ2v) is 56.8. The standard InChI is InChI=1S/2C10H9.2ClH.2H3Si.Zr/c2*1-8-6-9-4-2-3-5-10(9)7-8;;;;;/h2*2-7H,1H3;2*1H;2*1H3;/p-2. The minimum atomic E-state index is -2.22. The average Bonchev–Trinajstić information content (AvgIpc) is 3.02. The molecule has 2 aromatic rings. The fourth-order valence-corrected chi connectivity index (χ4v) is 35.5. The van der Waals surface area contributed by atoms with Gasteiger partial charge in [-0.2, -0.15) is 0 Å². The van der Waals surface area contributed by atoms with Crippen molar-refractivity contribution in [1.29, 1.82) is 0 Å². The predicted octanol–water partition coefficient (Wildman–Crippen LogP) is -2.97. The van der Waals surface area contributed by atoms with E-state index >= 15 is 0 Å². The Morgan fingerprint density at radius 2 is 1.04 bits per heavy atom. The van der Waals surface area contributed by atoms with Crippen LogP contribution in [0.2, 0.25) is 0 Å². The molecule has 0 N–H and O–H groups in total. The molecule has 0 nitrogen and oxygen atoms in total. The Bertz CT molecular complexity index is 789. The van der Waals surface area contributed by atoms with E-state index in [0.717, 1.165) is 7.25 Å². The van der Waals surface area contributed by atoms with Crippen LogP contribution in [0.4, 0.5) is 0 Å². The van der Waals surface area contributed by atoms with Crippen molar-refractivity contribution in [3.8, 4) is 0 Å². The minimum Gasteiger partial charge on any atom is -1.00 e. The van der Waals surface area contributed by atoms with Crippen LogP contribution in [0.25, 0.3) is 12.2 Å². The first-order chi connectivity index (χ1) is 11.0. The summed E-state index contributed by atoms with van der Waals surface area (Å²) in [4.78, 5) is 0. The third-order valence-corrected chi connectivity index (χ3v) is 30.5. The van der Waals surface area contributed by atoms with Gasteiger partial charge in [0.05, 0.1) is 0 Å². The van der Waals surface area contributed by atoms with Gasteiger partial charge in [0, 0.05) is 0 Å². The van der Waals surface area contributed by atoms with E-state index in [-0.39, 0.29) is 24.8 Å². The van der Waals surface area contributed by atoms with Crippen LogP contribution in [0.1, 0.15) is 43.4 Å². The van der Waals surface area contributed by atoms with Crippen molar-refractivity contribution in [3.63, 3.8) is 0 Å². The van der Waals surface area contributed by atoms with Crippen molar-refractivity contribution < 1.29 is 43.4 Å². The van der Waals surface area contributed by atoms with Crippen molar-refractivity contribution in [2.75, 3.05) is 0 Å². The second kappa shape index (κ2) is 7.82. The number of allylic oxidation sites excluding steroid dienone is 2. The van der Waals surface area contributed by atoms with Gasteiger partial charge in [0.15, 0.2) is 0 Å². The molecule has 0 radical (unpaired) electrons. The Kier molecular flexibility index (Phi) is 6.61. The molecule has 2 aliphatic rings. The van der Waals surface area contributed by atoms with E-state index in [4.69, 9.17) is 0 Å². The summed E-state index contributed by atoms with van der Waals surface area (Å²) in [6, 6.07) is 18.3. The van der Waals surface area contributed by atoms with Crippen LogP contribution in [0.5, 0.6) is 0 Å². The molecule has 2 unspecified atom stereocenters. The van der Waals surface area contributed by atoms with Gasteiger partial charge in [-0.15, -0.1) is 0 Å². The SMILES string of the molecule is CC1=Cc2ccccc2[CH]1[Zr]([SiH3])([SiH3])[CH]1C(C)=Cc2ccccc21.[Cl-].[Cl-]. The fourth-order valence-electron chi connectivity index (χ4n) is 5.10. The Morgan fingerprint density at radius 1 is 0.680 bits per heavy atom. The Hall–Kier alpha value is -0.183. The third-order valence-electron chi connectivity index (χ3n) is 5.78. The molecule has 0 aliphatic heterocycles. The molecule has 0 bridgehead atoms. The first-order valence-corrected chi connectivity index (χ1v) is 28.1. The third kappa shape index (κ3) is 3.39. The molecule has 25 heavy (non-hydrogen) atoms. The normalized spacial score (nSPS) is 22.8. The topological polar surface area (TPSA) is 0 Å². The summed E-state index contributed by atoms with van der Waals surface area (Å²) in [5, 5.41) is 0. The quantitative estimate of drug-likeness (QED) is 0.401. The molecule has 0 amide bonds. The van der Waals surface area contributed by atoms with Crippen LogP contribution < -0.4 is 24.8 Å². The molecule has 0 aromatic heterocycles. The summed E-state index contributed by atoms with van der Waals surface area (Å²) >= 11 is -2.22. The summed E-state index contributed by atoms with van der Waals surface area (Å²) in [7, 11) is 2.87. The largest absolute Gasteiger partial charge is 1.00 e. The predicted molar refractivity (Wildman–Crippen MR) is 106 cm³/mol. The number of halogens is 2. The van der Waals surface area contributed by atoms with E-state index in [1.807, 2.05) is 0 Å². The molecular formula is C20H24Cl2Si2Zr-2. The van der Waals surface area contributed by atoms with E-state index in [2.05, 4.69) is 74.5 Å². The van der Waals surface area contributed by atoms with Gasteiger partial charge < -0.3 is 24.8 Å². The fraction of sp³-hybridized carbons (Fsp3) is 0.200. The van der Waals surface area contributed by atoms with Crippen molar-refractivity contribution >= 4 is 26.9 Å². The molecule has 2 aromatic carbocycles. The minimum absolute atomic E-state index is 0. The summed E-state index contributed by atoms with van der Waals surface area (Å²) < 4.78 is 1.64. The van der Waals surface area contributed by atoms with Gasteiger partial charge >= 0.3 is 149 Å². The smallest absolute Gasteiger partial charge is 1.00 e. The molecule has 4 rings (SSSR count). The zero-order valence-electron chi connectivity index (χ0n) is 15.2. The Labute approximate surface area is 172 Å². The number of hydrogen-bond acceptors (Lipinski definition) is 0. The van der Waals surface area contributed by atoms with Crippen molar-refractivity contribution in [2.45, 2.75) is 21.1 Å². The zero-order chi connectivity index (χ0) is 16.2. The van der Waals surface area contributed by atoms with Crippen LogP contribution in [-0.2, 0) is 18.6 Å². The number of rotatable bonds is 2. The van der Waals surface area contributed by atoms with Gasteiger partial charge in [0.2, 0.25) is 0 Å². The van der Waals surface area contributed by atoms with Gasteiger partial charge in [-0.3, -0.25) is 0 Å². The molecule has 0 heterocycles. The number of hydrogen-bond donors (Lipinski definition) is 0.